The van der Waals surface area contributed by atoms with Gasteiger partial charge >= 0.3 is 19.8 Å². The van der Waals surface area contributed by atoms with Crippen LogP contribution in [0.4, 0.5) is 0 Å². The second-order valence-electron chi connectivity index (χ2n) is 13.3. The van der Waals surface area contributed by atoms with E-state index in [2.05, 4.69) is 19.1 Å². The van der Waals surface area contributed by atoms with Crippen LogP contribution in [0.5, 0.6) is 0 Å². The van der Waals surface area contributed by atoms with Crippen molar-refractivity contribution in [3.8, 4) is 0 Å². The normalized spacial score (nSPS) is 14.0. The van der Waals surface area contributed by atoms with E-state index < -0.39 is 32.5 Å². The Labute approximate surface area is 276 Å². The van der Waals surface area contributed by atoms with Gasteiger partial charge in [-0.25, -0.2) is 4.57 Å². The molecule has 0 aromatic carbocycles. The Morgan fingerprint density at radius 1 is 0.667 bits per heavy atom. The monoisotopic (exact) mass is 662 g/mol. The second kappa shape index (κ2) is 28.9. The number of ether oxygens (including phenoxy) is 2. The van der Waals surface area contributed by atoms with E-state index in [1.165, 1.54) is 83.5 Å². The van der Waals surface area contributed by atoms with Crippen LogP contribution in [0, 0.1) is 0 Å². The fourth-order valence-electron chi connectivity index (χ4n) is 4.63. The van der Waals surface area contributed by atoms with Gasteiger partial charge in [0.1, 0.15) is 19.8 Å². The third-order valence-electron chi connectivity index (χ3n) is 7.55. The summed E-state index contributed by atoms with van der Waals surface area (Å²) >= 11 is 0. The van der Waals surface area contributed by atoms with Crippen LogP contribution in [-0.2, 0) is 32.7 Å². The van der Waals surface area contributed by atoms with Gasteiger partial charge in [-0.3, -0.25) is 18.6 Å². The fourth-order valence-corrected chi connectivity index (χ4v) is 5.37. The van der Waals surface area contributed by atoms with E-state index in [4.69, 9.17) is 18.5 Å². The molecule has 0 saturated heterocycles. The molecule has 2 unspecified atom stereocenters. The Kier molecular flexibility index (Phi) is 28.1. The van der Waals surface area contributed by atoms with Gasteiger partial charge in [0.25, 0.3) is 0 Å². The molecule has 2 atom stereocenters. The molecule has 0 heterocycles. The molecule has 0 fully saturated rings. The summed E-state index contributed by atoms with van der Waals surface area (Å²) < 4.78 is 33.6. The standard InChI is InChI=1S/C35H68NO8P/c1-6-8-10-11-12-13-14-15-16-17-18-19-20-21-22-23-24-25-26-28-35(38)44-33(31-41-34(37)27-9-7-2)32-43-45(39,40)42-30-29-36(3,4)5/h15-16,33H,6-14,17-32H2,1-5H3/p+1/b16-15-. The number of hydrogen-bond donors (Lipinski definition) is 1. The first-order valence-electron chi connectivity index (χ1n) is 17.9. The summed E-state index contributed by atoms with van der Waals surface area (Å²) in [6.45, 7) is 4.14. The first-order valence-corrected chi connectivity index (χ1v) is 19.4. The van der Waals surface area contributed by atoms with E-state index >= 15 is 0 Å². The third kappa shape index (κ3) is 32.5. The second-order valence-corrected chi connectivity index (χ2v) is 14.7. The maximum absolute atomic E-state index is 12.5. The summed E-state index contributed by atoms with van der Waals surface area (Å²) in [4.78, 5) is 34.4. The summed E-state index contributed by atoms with van der Waals surface area (Å²) in [6, 6.07) is 0. The molecule has 45 heavy (non-hydrogen) atoms. The number of esters is 2. The molecule has 0 aliphatic carbocycles. The zero-order valence-corrected chi connectivity index (χ0v) is 30.5. The molecule has 1 N–H and O–H groups in total. The fraction of sp³-hybridized carbons (Fsp3) is 0.886. The molecule has 0 spiro atoms. The maximum Gasteiger partial charge on any atom is 0.472 e. The van der Waals surface area contributed by atoms with E-state index in [1.807, 2.05) is 28.1 Å². The average molecular weight is 663 g/mol. The first-order chi connectivity index (χ1) is 21.5. The summed E-state index contributed by atoms with van der Waals surface area (Å²) in [5.74, 6) is -0.840. The zero-order chi connectivity index (χ0) is 33.7. The van der Waals surface area contributed by atoms with Crippen LogP contribution in [0.3, 0.4) is 0 Å². The van der Waals surface area contributed by atoms with Crippen molar-refractivity contribution in [1.82, 2.24) is 0 Å². The van der Waals surface area contributed by atoms with Crippen LogP contribution in [0.2, 0.25) is 0 Å². The predicted molar refractivity (Wildman–Crippen MR) is 183 cm³/mol. The lowest BCUT2D eigenvalue weighted by Crippen LogP contribution is -2.37. The average Bonchev–Trinajstić information content (AvgIpc) is 2.97. The highest BCUT2D eigenvalue weighted by atomic mass is 31.2. The maximum atomic E-state index is 12.5. The molecule has 9 nitrogen and oxygen atoms in total. The number of likely N-dealkylation sites (N-methyl/N-ethyl adjacent to an activating group) is 1. The van der Waals surface area contributed by atoms with Crippen LogP contribution in [-0.4, -0.2) is 74.9 Å². The predicted octanol–water partition coefficient (Wildman–Crippen LogP) is 9.07. The molecule has 10 heteroatoms. The topological polar surface area (TPSA) is 108 Å². The van der Waals surface area contributed by atoms with Gasteiger partial charge < -0.3 is 18.9 Å². The van der Waals surface area contributed by atoms with Crippen LogP contribution >= 0.6 is 7.82 Å². The van der Waals surface area contributed by atoms with Crippen LogP contribution in [0.1, 0.15) is 149 Å². The summed E-state index contributed by atoms with van der Waals surface area (Å²) in [5.41, 5.74) is 0. The largest absolute Gasteiger partial charge is 0.472 e. The molecule has 0 saturated carbocycles. The number of quaternary nitrogens is 1. The van der Waals surface area contributed by atoms with Crippen molar-refractivity contribution >= 4 is 19.8 Å². The van der Waals surface area contributed by atoms with Crippen molar-refractivity contribution in [2.75, 3.05) is 47.5 Å². The van der Waals surface area contributed by atoms with E-state index in [0.29, 0.717) is 23.9 Å². The highest BCUT2D eigenvalue weighted by Crippen LogP contribution is 2.43. The number of carbonyl (C=O) groups is 2. The lowest BCUT2D eigenvalue weighted by Gasteiger charge is -2.24. The molecule has 0 aromatic rings. The number of unbranched alkanes of at least 4 members (excludes halogenated alkanes) is 16. The number of carbonyl (C=O) groups excluding carboxylic acids is 2. The van der Waals surface area contributed by atoms with Crippen molar-refractivity contribution in [2.24, 2.45) is 0 Å². The van der Waals surface area contributed by atoms with Gasteiger partial charge in [-0.1, -0.05) is 109 Å². The van der Waals surface area contributed by atoms with Crippen molar-refractivity contribution in [1.29, 1.82) is 0 Å². The van der Waals surface area contributed by atoms with Crippen molar-refractivity contribution in [2.45, 2.75) is 155 Å². The van der Waals surface area contributed by atoms with Gasteiger partial charge in [0, 0.05) is 12.8 Å². The van der Waals surface area contributed by atoms with Crippen molar-refractivity contribution in [3.05, 3.63) is 12.2 Å². The minimum atomic E-state index is -4.34. The Morgan fingerprint density at radius 3 is 1.69 bits per heavy atom. The van der Waals surface area contributed by atoms with Gasteiger partial charge in [0.2, 0.25) is 0 Å². The summed E-state index contributed by atoms with van der Waals surface area (Å²) in [5, 5.41) is 0. The lowest BCUT2D eigenvalue weighted by atomic mass is 10.1. The molecule has 0 amide bonds. The van der Waals surface area contributed by atoms with E-state index in [1.54, 1.807) is 0 Å². The minimum absolute atomic E-state index is 0.0325. The van der Waals surface area contributed by atoms with Gasteiger partial charge in [-0.05, 0) is 38.5 Å². The number of nitrogens with zero attached hydrogens (tertiary/aromatic N) is 1. The van der Waals surface area contributed by atoms with Crippen LogP contribution in [0.25, 0.3) is 0 Å². The molecular formula is C35H69NO8P+. The SMILES string of the molecule is CCCCCCCC/C=C\CCCCCCCCCCCC(=O)OC(COC(=O)CCCC)COP(=O)(O)OCC[N+](C)(C)C. The van der Waals surface area contributed by atoms with Crippen molar-refractivity contribution in [3.63, 3.8) is 0 Å². The first kappa shape index (κ1) is 43.8. The summed E-state index contributed by atoms with van der Waals surface area (Å²) in [6.07, 6.45) is 26.6. The highest BCUT2D eigenvalue weighted by Gasteiger charge is 2.27. The quantitative estimate of drug-likeness (QED) is 0.0250. The van der Waals surface area contributed by atoms with Crippen molar-refractivity contribution < 1.29 is 42.1 Å². The van der Waals surface area contributed by atoms with Gasteiger partial charge in [-0.2, -0.15) is 0 Å². The molecular weight excluding hydrogens is 593 g/mol. The molecule has 266 valence electrons. The van der Waals surface area contributed by atoms with Gasteiger partial charge in [0.15, 0.2) is 6.10 Å². The zero-order valence-electron chi connectivity index (χ0n) is 29.6. The number of allylic oxidation sites excluding steroid dienone is 2. The third-order valence-corrected chi connectivity index (χ3v) is 8.53. The number of phosphoric ester groups is 1. The van der Waals surface area contributed by atoms with Gasteiger partial charge in [0.05, 0.1) is 27.7 Å². The Balaban J connectivity index is 4.10. The van der Waals surface area contributed by atoms with Crippen LogP contribution in [0.15, 0.2) is 12.2 Å². The Bertz CT molecular complexity index is 799. The summed E-state index contributed by atoms with van der Waals surface area (Å²) in [7, 11) is 1.47. The number of rotatable bonds is 32. The Hall–Kier alpha value is -1.25. The number of hydrogen-bond acceptors (Lipinski definition) is 7. The molecule has 0 aliphatic rings. The molecule has 0 radical (unpaired) electrons. The van der Waals surface area contributed by atoms with E-state index in [-0.39, 0.29) is 26.1 Å². The van der Waals surface area contributed by atoms with Crippen LogP contribution < -0.4 is 0 Å². The molecule has 0 bridgehead atoms. The molecule has 0 aromatic heterocycles. The minimum Gasteiger partial charge on any atom is -0.462 e. The molecule has 0 aliphatic heterocycles. The Morgan fingerprint density at radius 2 is 1.16 bits per heavy atom. The number of phosphoric acid groups is 1. The van der Waals surface area contributed by atoms with Gasteiger partial charge in [-0.15, -0.1) is 0 Å². The smallest absolute Gasteiger partial charge is 0.462 e. The lowest BCUT2D eigenvalue weighted by molar-refractivity contribution is -0.870. The highest BCUT2D eigenvalue weighted by molar-refractivity contribution is 7.47. The molecule has 0 rings (SSSR count). The van der Waals surface area contributed by atoms with E-state index in [0.717, 1.165) is 25.7 Å². The van der Waals surface area contributed by atoms with E-state index in [9.17, 15) is 19.0 Å².